The van der Waals surface area contributed by atoms with Gasteiger partial charge in [0.05, 0.1) is 6.20 Å². The van der Waals surface area contributed by atoms with Gasteiger partial charge in [0, 0.05) is 17.9 Å². The molecule has 1 atom stereocenters. The van der Waals surface area contributed by atoms with Gasteiger partial charge in [-0.05, 0) is 32.6 Å². The van der Waals surface area contributed by atoms with Crippen LogP contribution in [-0.4, -0.2) is 40.6 Å². The molecular formula is C11H18BrN3O2S. The number of nitrogens with one attached hydrogen (secondary N) is 1. The maximum absolute atomic E-state index is 12.5. The van der Waals surface area contributed by atoms with Gasteiger partial charge in [0.2, 0.25) is 0 Å². The monoisotopic (exact) mass is 335 g/mol. The smallest absolute Gasteiger partial charge is 0.260 e. The molecule has 0 radical (unpaired) electrons. The fourth-order valence-electron chi connectivity index (χ4n) is 2.38. The van der Waals surface area contributed by atoms with Crippen molar-refractivity contribution in [2.75, 3.05) is 11.9 Å². The zero-order valence-electron chi connectivity index (χ0n) is 10.4. The van der Waals surface area contributed by atoms with E-state index in [-0.39, 0.29) is 11.1 Å². The molecule has 0 aromatic carbocycles. The molecular weight excluding hydrogens is 318 g/mol. The summed E-state index contributed by atoms with van der Waals surface area (Å²) in [5.41, 5.74) is 0. The maximum Gasteiger partial charge on any atom is 0.260 e. The van der Waals surface area contributed by atoms with Crippen LogP contribution in [0.3, 0.4) is 0 Å². The Balaban J connectivity index is 2.18. The first-order valence-electron chi connectivity index (χ1n) is 6.15. The number of aromatic nitrogens is 2. The van der Waals surface area contributed by atoms with E-state index in [0.717, 1.165) is 31.0 Å². The Morgan fingerprint density at radius 2 is 2.39 bits per heavy atom. The molecule has 1 unspecified atom stereocenters. The Morgan fingerprint density at radius 1 is 1.61 bits per heavy atom. The second-order valence-electron chi connectivity index (χ2n) is 4.58. The summed E-state index contributed by atoms with van der Waals surface area (Å²) in [6.45, 7) is 2.37. The largest absolute Gasteiger partial charge is 0.332 e. The third-order valence-corrected chi connectivity index (χ3v) is 5.68. The number of H-pyrrole nitrogens is 1. The van der Waals surface area contributed by atoms with Gasteiger partial charge in [0.15, 0.2) is 5.03 Å². The summed E-state index contributed by atoms with van der Waals surface area (Å²) in [7, 11) is -3.40. The summed E-state index contributed by atoms with van der Waals surface area (Å²) in [6.07, 6.45) is 5.22. The maximum atomic E-state index is 12.5. The molecule has 102 valence electrons. The van der Waals surface area contributed by atoms with Crippen LogP contribution in [0.1, 0.15) is 31.5 Å². The molecule has 0 saturated carbocycles. The number of sulfonamides is 1. The van der Waals surface area contributed by atoms with Crippen LogP contribution in [0.4, 0.5) is 0 Å². The van der Waals surface area contributed by atoms with Gasteiger partial charge in [0.1, 0.15) is 5.82 Å². The van der Waals surface area contributed by atoms with Crippen molar-refractivity contribution >= 4 is 26.0 Å². The first kappa shape index (κ1) is 14.0. The third kappa shape index (κ3) is 2.78. The van der Waals surface area contributed by atoms with Gasteiger partial charge >= 0.3 is 0 Å². The minimum absolute atomic E-state index is 0.135. The lowest BCUT2D eigenvalue weighted by Gasteiger charge is -2.22. The normalized spacial score (nSPS) is 21.6. The van der Waals surface area contributed by atoms with E-state index < -0.39 is 10.0 Å². The van der Waals surface area contributed by atoms with Crippen molar-refractivity contribution in [1.82, 2.24) is 14.3 Å². The Bertz CT molecular complexity index is 500. The molecule has 1 aliphatic rings. The van der Waals surface area contributed by atoms with Gasteiger partial charge in [-0.25, -0.2) is 13.4 Å². The molecule has 1 aliphatic heterocycles. The summed E-state index contributed by atoms with van der Waals surface area (Å²) in [5.74, 6) is 0.629. The van der Waals surface area contributed by atoms with Crippen LogP contribution in [0.5, 0.6) is 0 Å². The van der Waals surface area contributed by atoms with E-state index in [1.165, 1.54) is 6.20 Å². The number of hydrogen-bond donors (Lipinski definition) is 1. The number of aromatic amines is 1. The Kier molecular flexibility index (Phi) is 4.45. The van der Waals surface area contributed by atoms with E-state index in [2.05, 4.69) is 25.9 Å². The average Bonchev–Trinajstić information content (AvgIpc) is 2.95. The van der Waals surface area contributed by atoms with Crippen LogP contribution >= 0.6 is 15.9 Å². The van der Waals surface area contributed by atoms with Crippen molar-refractivity contribution < 1.29 is 8.42 Å². The Labute approximate surface area is 116 Å². The average molecular weight is 336 g/mol. The van der Waals surface area contributed by atoms with E-state index >= 15 is 0 Å². The third-order valence-electron chi connectivity index (χ3n) is 3.26. The van der Waals surface area contributed by atoms with Crippen LogP contribution in [0.2, 0.25) is 0 Å². The van der Waals surface area contributed by atoms with Crippen molar-refractivity contribution in [3.05, 3.63) is 12.0 Å². The second kappa shape index (κ2) is 5.71. The van der Waals surface area contributed by atoms with E-state index in [9.17, 15) is 8.42 Å². The number of alkyl halides is 1. The standard InChI is InChI=1S/C11H18BrN3O2S/c1-9-13-8-11(14-9)18(16,17)15-7-3-5-10(15)4-2-6-12/h8,10H,2-7H2,1H3,(H,13,14). The highest BCUT2D eigenvalue weighted by atomic mass is 79.9. The second-order valence-corrected chi connectivity index (χ2v) is 7.23. The molecule has 1 saturated heterocycles. The lowest BCUT2D eigenvalue weighted by molar-refractivity contribution is 0.368. The highest BCUT2D eigenvalue weighted by Gasteiger charge is 2.35. The predicted molar refractivity (Wildman–Crippen MR) is 73.3 cm³/mol. The van der Waals surface area contributed by atoms with E-state index in [4.69, 9.17) is 0 Å². The first-order valence-corrected chi connectivity index (χ1v) is 8.71. The lowest BCUT2D eigenvalue weighted by Crippen LogP contribution is -2.35. The molecule has 5 nitrogen and oxygen atoms in total. The number of hydrogen-bond acceptors (Lipinski definition) is 3. The van der Waals surface area contributed by atoms with Crippen molar-refractivity contribution in [2.24, 2.45) is 0 Å². The molecule has 2 rings (SSSR count). The molecule has 0 spiro atoms. The molecule has 0 aliphatic carbocycles. The molecule has 1 fully saturated rings. The van der Waals surface area contributed by atoms with Crippen LogP contribution < -0.4 is 0 Å². The van der Waals surface area contributed by atoms with Crippen molar-refractivity contribution in [3.63, 3.8) is 0 Å². The minimum Gasteiger partial charge on any atom is -0.332 e. The zero-order valence-corrected chi connectivity index (χ0v) is 12.8. The van der Waals surface area contributed by atoms with Crippen molar-refractivity contribution in [2.45, 2.75) is 43.7 Å². The van der Waals surface area contributed by atoms with Crippen LogP contribution in [0.25, 0.3) is 0 Å². The van der Waals surface area contributed by atoms with Gasteiger partial charge in [-0.3, -0.25) is 0 Å². The highest BCUT2D eigenvalue weighted by Crippen LogP contribution is 2.27. The number of aryl methyl sites for hydroxylation is 1. The van der Waals surface area contributed by atoms with Gasteiger partial charge in [-0.15, -0.1) is 0 Å². The summed E-state index contributed by atoms with van der Waals surface area (Å²) in [4.78, 5) is 6.79. The molecule has 1 aromatic heterocycles. The van der Waals surface area contributed by atoms with Crippen LogP contribution in [0.15, 0.2) is 11.2 Å². The van der Waals surface area contributed by atoms with Gasteiger partial charge in [-0.2, -0.15) is 4.31 Å². The number of imidazole rings is 1. The van der Waals surface area contributed by atoms with Gasteiger partial charge in [0.25, 0.3) is 10.0 Å². The fourth-order valence-corrected chi connectivity index (χ4v) is 4.39. The summed E-state index contributed by atoms with van der Waals surface area (Å²) in [5, 5.41) is 1.13. The molecule has 18 heavy (non-hydrogen) atoms. The molecule has 2 heterocycles. The minimum atomic E-state index is -3.40. The van der Waals surface area contributed by atoms with Gasteiger partial charge < -0.3 is 4.98 Å². The Morgan fingerprint density at radius 3 is 3.00 bits per heavy atom. The first-order chi connectivity index (χ1) is 8.55. The number of halogens is 1. The number of nitrogens with zero attached hydrogens (tertiary/aromatic N) is 2. The van der Waals surface area contributed by atoms with E-state index in [0.29, 0.717) is 12.4 Å². The van der Waals surface area contributed by atoms with Crippen LogP contribution in [-0.2, 0) is 10.0 Å². The summed E-state index contributed by atoms with van der Waals surface area (Å²) in [6, 6.07) is 0.135. The van der Waals surface area contributed by atoms with Crippen molar-refractivity contribution in [1.29, 1.82) is 0 Å². The van der Waals surface area contributed by atoms with Crippen molar-refractivity contribution in [3.8, 4) is 0 Å². The molecule has 0 amide bonds. The molecule has 1 N–H and O–H groups in total. The zero-order chi connectivity index (χ0) is 13.2. The predicted octanol–water partition coefficient (Wildman–Crippen LogP) is 2.05. The SMILES string of the molecule is Cc1ncc(S(=O)(=O)N2CCCC2CCCBr)[nH]1. The summed E-state index contributed by atoms with van der Waals surface area (Å²) >= 11 is 3.39. The molecule has 7 heteroatoms. The lowest BCUT2D eigenvalue weighted by atomic mass is 10.1. The number of rotatable bonds is 5. The summed E-state index contributed by atoms with van der Waals surface area (Å²) < 4.78 is 26.6. The Hall–Kier alpha value is -0.400. The quantitative estimate of drug-likeness (QED) is 0.837. The fraction of sp³-hybridized carbons (Fsp3) is 0.727. The topological polar surface area (TPSA) is 66.1 Å². The molecule has 1 aromatic rings. The highest BCUT2D eigenvalue weighted by molar-refractivity contribution is 9.09. The van der Waals surface area contributed by atoms with E-state index in [1.807, 2.05) is 0 Å². The van der Waals surface area contributed by atoms with Gasteiger partial charge in [-0.1, -0.05) is 15.9 Å². The van der Waals surface area contributed by atoms with E-state index in [1.54, 1.807) is 11.2 Å². The molecule has 0 bridgehead atoms. The van der Waals surface area contributed by atoms with Crippen LogP contribution in [0, 0.1) is 6.92 Å².